The van der Waals surface area contributed by atoms with E-state index in [0.29, 0.717) is 18.3 Å². The lowest BCUT2D eigenvalue weighted by atomic mass is 10.2. The van der Waals surface area contributed by atoms with Gasteiger partial charge in [0.25, 0.3) is 0 Å². The average Bonchev–Trinajstić information content (AvgIpc) is 2.87. The molecule has 1 unspecified atom stereocenters. The quantitative estimate of drug-likeness (QED) is 0.810. The molecule has 0 saturated heterocycles. The standard InChI is InChI=1S/C10H14BrN5O/c1-6(2)10-12-9(14-17-10)5-16-4-8(7(3)11)13-15-16/h4,6-7H,5H2,1-3H3. The molecular formula is C10H14BrN5O. The summed E-state index contributed by atoms with van der Waals surface area (Å²) < 4.78 is 6.82. The van der Waals surface area contributed by atoms with Gasteiger partial charge in [-0.3, -0.25) is 0 Å². The van der Waals surface area contributed by atoms with Crippen LogP contribution in [0.4, 0.5) is 0 Å². The molecule has 92 valence electrons. The van der Waals surface area contributed by atoms with Gasteiger partial charge in [0.15, 0.2) is 5.82 Å². The lowest BCUT2D eigenvalue weighted by Gasteiger charge is -1.95. The average molecular weight is 300 g/mol. The first-order chi connectivity index (χ1) is 8.06. The molecule has 2 aromatic heterocycles. The molecule has 0 fully saturated rings. The van der Waals surface area contributed by atoms with E-state index in [1.54, 1.807) is 4.68 Å². The third-order valence-electron chi connectivity index (χ3n) is 2.25. The summed E-state index contributed by atoms with van der Waals surface area (Å²) in [6, 6.07) is 0. The number of hydrogen-bond donors (Lipinski definition) is 0. The summed E-state index contributed by atoms with van der Waals surface area (Å²) in [4.78, 5) is 4.47. The van der Waals surface area contributed by atoms with E-state index in [2.05, 4.69) is 36.4 Å². The smallest absolute Gasteiger partial charge is 0.229 e. The van der Waals surface area contributed by atoms with Crippen molar-refractivity contribution in [2.45, 2.75) is 38.1 Å². The molecule has 0 saturated carbocycles. The van der Waals surface area contributed by atoms with E-state index in [4.69, 9.17) is 4.52 Å². The Morgan fingerprint density at radius 3 is 2.71 bits per heavy atom. The summed E-state index contributed by atoms with van der Waals surface area (Å²) in [6.45, 7) is 6.50. The Labute approximate surface area is 108 Å². The van der Waals surface area contributed by atoms with Crippen molar-refractivity contribution in [3.05, 3.63) is 23.6 Å². The Bertz CT molecular complexity index is 446. The van der Waals surface area contributed by atoms with Crippen molar-refractivity contribution in [1.82, 2.24) is 25.1 Å². The van der Waals surface area contributed by atoms with Crippen LogP contribution in [0.25, 0.3) is 0 Å². The van der Waals surface area contributed by atoms with Crippen LogP contribution in [0.5, 0.6) is 0 Å². The second kappa shape index (κ2) is 4.95. The van der Waals surface area contributed by atoms with Crippen molar-refractivity contribution in [2.24, 2.45) is 0 Å². The minimum atomic E-state index is 0.188. The first-order valence-corrected chi connectivity index (χ1v) is 6.34. The molecule has 0 spiro atoms. The van der Waals surface area contributed by atoms with Gasteiger partial charge in [-0.05, 0) is 6.92 Å². The number of aromatic nitrogens is 5. The van der Waals surface area contributed by atoms with Gasteiger partial charge in [0.05, 0.1) is 16.7 Å². The lowest BCUT2D eigenvalue weighted by Crippen LogP contribution is -2.02. The Morgan fingerprint density at radius 2 is 2.18 bits per heavy atom. The zero-order chi connectivity index (χ0) is 12.4. The summed E-state index contributed by atoms with van der Waals surface area (Å²) in [5.74, 6) is 1.51. The van der Waals surface area contributed by atoms with Gasteiger partial charge in [-0.1, -0.05) is 40.1 Å². The third kappa shape index (κ3) is 2.91. The van der Waals surface area contributed by atoms with Crippen molar-refractivity contribution in [3.63, 3.8) is 0 Å². The molecular weight excluding hydrogens is 286 g/mol. The summed E-state index contributed by atoms with van der Waals surface area (Å²) in [7, 11) is 0. The number of rotatable bonds is 4. The summed E-state index contributed by atoms with van der Waals surface area (Å²) in [5.41, 5.74) is 0.887. The van der Waals surface area contributed by atoms with E-state index in [0.717, 1.165) is 5.69 Å². The maximum atomic E-state index is 5.12. The first-order valence-electron chi connectivity index (χ1n) is 5.43. The third-order valence-corrected chi connectivity index (χ3v) is 2.71. The molecule has 2 aromatic rings. The fourth-order valence-corrected chi connectivity index (χ4v) is 1.49. The second-order valence-electron chi connectivity index (χ2n) is 4.16. The fraction of sp³-hybridized carbons (Fsp3) is 0.600. The fourth-order valence-electron chi connectivity index (χ4n) is 1.28. The number of nitrogens with zero attached hydrogens (tertiary/aromatic N) is 5. The second-order valence-corrected chi connectivity index (χ2v) is 5.53. The molecule has 0 aliphatic carbocycles. The van der Waals surface area contributed by atoms with E-state index < -0.39 is 0 Å². The van der Waals surface area contributed by atoms with Crippen molar-refractivity contribution >= 4 is 15.9 Å². The van der Waals surface area contributed by atoms with Crippen LogP contribution in [-0.2, 0) is 6.54 Å². The highest BCUT2D eigenvalue weighted by Crippen LogP contribution is 2.18. The molecule has 0 amide bonds. The van der Waals surface area contributed by atoms with Gasteiger partial charge in [-0.2, -0.15) is 4.98 Å². The van der Waals surface area contributed by atoms with Crippen LogP contribution < -0.4 is 0 Å². The van der Waals surface area contributed by atoms with E-state index in [-0.39, 0.29) is 10.7 Å². The largest absolute Gasteiger partial charge is 0.339 e. The van der Waals surface area contributed by atoms with Gasteiger partial charge in [-0.25, -0.2) is 4.68 Å². The normalized spacial score (nSPS) is 13.2. The van der Waals surface area contributed by atoms with Crippen LogP contribution >= 0.6 is 15.9 Å². The number of halogens is 1. The van der Waals surface area contributed by atoms with Crippen LogP contribution in [0.1, 0.15) is 48.9 Å². The molecule has 2 rings (SSSR count). The van der Waals surface area contributed by atoms with Crippen LogP contribution in [0.15, 0.2) is 10.7 Å². The molecule has 6 nitrogen and oxygen atoms in total. The van der Waals surface area contributed by atoms with Gasteiger partial charge >= 0.3 is 0 Å². The molecule has 7 heteroatoms. The Hall–Kier alpha value is -1.24. The highest BCUT2D eigenvalue weighted by atomic mass is 79.9. The van der Waals surface area contributed by atoms with E-state index in [1.165, 1.54) is 0 Å². The van der Waals surface area contributed by atoms with Crippen molar-refractivity contribution in [3.8, 4) is 0 Å². The van der Waals surface area contributed by atoms with Gasteiger partial charge in [0, 0.05) is 5.92 Å². The molecule has 0 aliphatic heterocycles. The molecule has 1 atom stereocenters. The summed E-state index contributed by atoms with van der Waals surface area (Å²) >= 11 is 3.44. The zero-order valence-electron chi connectivity index (χ0n) is 9.96. The summed E-state index contributed by atoms with van der Waals surface area (Å²) in [5, 5.41) is 11.9. The maximum absolute atomic E-state index is 5.12. The predicted molar refractivity (Wildman–Crippen MR) is 64.9 cm³/mol. The van der Waals surface area contributed by atoms with Crippen molar-refractivity contribution in [1.29, 1.82) is 0 Å². The molecule has 0 aromatic carbocycles. The topological polar surface area (TPSA) is 69.6 Å². The molecule has 17 heavy (non-hydrogen) atoms. The predicted octanol–water partition coefficient (Wildman–Crippen LogP) is 2.29. The van der Waals surface area contributed by atoms with Crippen molar-refractivity contribution < 1.29 is 4.52 Å². The van der Waals surface area contributed by atoms with E-state index in [1.807, 2.05) is 27.0 Å². The highest BCUT2D eigenvalue weighted by Gasteiger charge is 2.12. The molecule has 0 radical (unpaired) electrons. The van der Waals surface area contributed by atoms with Crippen LogP contribution in [0.3, 0.4) is 0 Å². The van der Waals surface area contributed by atoms with Gasteiger partial charge < -0.3 is 4.52 Å². The Morgan fingerprint density at radius 1 is 1.41 bits per heavy atom. The maximum Gasteiger partial charge on any atom is 0.229 e. The first kappa shape index (κ1) is 12.2. The van der Waals surface area contributed by atoms with Crippen LogP contribution in [0, 0.1) is 0 Å². The van der Waals surface area contributed by atoms with E-state index >= 15 is 0 Å². The lowest BCUT2D eigenvalue weighted by molar-refractivity contribution is 0.359. The van der Waals surface area contributed by atoms with Crippen molar-refractivity contribution in [2.75, 3.05) is 0 Å². The Balaban J connectivity index is 2.08. The van der Waals surface area contributed by atoms with Gasteiger partial charge in [0.1, 0.15) is 6.54 Å². The van der Waals surface area contributed by atoms with Gasteiger partial charge in [0.2, 0.25) is 5.89 Å². The molecule has 0 aliphatic rings. The van der Waals surface area contributed by atoms with Crippen LogP contribution in [0.2, 0.25) is 0 Å². The molecule has 2 heterocycles. The monoisotopic (exact) mass is 299 g/mol. The number of hydrogen-bond acceptors (Lipinski definition) is 5. The minimum absolute atomic E-state index is 0.188. The van der Waals surface area contributed by atoms with Gasteiger partial charge in [-0.15, -0.1) is 5.10 Å². The van der Waals surface area contributed by atoms with Crippen LogP contribution in [-0.4, -0.2) is 25.1 Å². The Kier molecular flexibility index (Phi) is 3.56. The SMILES string of the molecule is CC(C)c1nc(Cn2cc(C(C)Br)nn2)no1. The number of alkyl halides is 1. The highest BCUT2D eigenvalue weighted by molar-refractivity contribution is 9.09. The molecule has 0 N–H and O–H groups in total. The minimum Gasteiger partial charge on any atom is -0.339 e. The van der Waals surface area contributed by atoms with E-state index in [9.17, 15) is 0 Å². The molecule has 0 bridgehead atoms. The zero-order valence-corrected chi connectivity index (χ0v) is 11.5. The summed E-state index contributed by atoms with van der Waals surface area (Å²) in [6.07, 6.45) is 1.87.